The highest BCUT2D eigenvalue weighted by atomic mass is 35.5. The largest absolute Gasteiger partial charge is 0.316 e. The second-order valence-corrected chi connectivity index (χ2v) is 2.03. The van der Waals surface area contributed by atoms with Gasteiger partial charge in [-0.15, -0.1) is 11.6 Å². The molecule has 0 radical (unpaired) electrons. The maximum absolute atomic E-state index is 12.3. The summed E-state index contributed by atoms with van der Waals surface area (Å²) in [5, 5.41) is 0. The van der Waals surface area contributed by atoms with Crippen LogP contribution in [0.1, 0.15) is 5.56 Å². The van der Waals surface area contributed by atoms with Gasteiger partial charge >= 0.3 is 23.1 Å². The predicted molar refractivity (Wildman–Crippen MR) is 44.5 cm³/mol. The van der Waals surface area contributed by atoms with Crippen LogP contribution >= 0.6 is 11.6 Å². The summed E-state index contributed by atoms with van der Waals surface area (Å²) in [5.41, 5.74) is 0.816. The van der Waals surface area contributed by atoms with E-state index in [9.17, 15) is 4.39 Å². The first-order valence-electron chi connectivity index (χ1n) is 2.63. The Labute approximate surface area is 80.5 Å². The molecule has 1 aromatic carbocycles. The summed E-state index contributed by atoms with van der Waals surface area (Å²) < 4.78 is 12.3. The van der Waals surface area contributed by atoms with Crippen LogP contribution in [-0.2, 0) is 5.88 Å². The summed E-state index contributed by atoms with van der Waals surface area (Å²) >= 11 is 5.43. The van der Waals surface area contributed by atoms with Gasteiger partial charge in [0, 0.05) is 5.88 Å². The van der Waals surface area contributed by atoms with Gasteiger partial charge in [0.05, 0.1) is 0 Å². The van der Waals surface area contributed by atoms with Gasteiger partial charge in [-0.25, -0.2) is 4.39 Å². The maximum atomic E-state index is 12.3. The van der Waals surface area contributed by atoms with Crippen LogP contribution in [-0.4, -0.2) is 23.1 Å². The van der Waals surface area contributed by atoms with Gasteiger partial charge in [0.15, 0.2) is 0 Å². The molecule has 10 heavy (non-hydrogen) atoms. The smallest absolute Gasteiger partial charge is 0.207 e. The minimum atomic E-state index is -0.229. The Bertz CT molecular complexity index is 203. The van der Waals surface area contributed by atoms with Gasteiger partial charge in [0.1, 0.15) is 5.82 Å². The third-order valence-corrected chi connectivity index (χ3v) is 1.35. The van der Waals surface area contributed by atoms with Crippen molar-refractivity contribution in [2.75, 3.05) is 0 Å². The van der Waals surface area contributed by atoms with Crippen LogP contribution in [0.4, 0.5) is 4.39 Å². The maximum Gasteiger partial charge on any atom is 0.316 e. The Hall–Kier alpha value is 0.206. The van der Waals surface area contributed by atoms with Crippen molar-refractivity contribution in [1.82, 2.24) is 0 Å². The molecule has 0 aromatic heterocycles. The highest BCUT2D eigenvalue weighted by Crippen LogP contribution is 2.05. The molecule has 0 saturated heterocycles. The van der Waals surface area contributed by atoms with Crippen molar-refractivity contribution < 1.29 is 4.39 Å². The van der Waals surface area contributed by atoms with Crippen molar-refractivity contribution in [1.29, 1.82) is 0 Å². The highest BCUT2D eigenvalue weighted by molar-refractivity contribution is 6.17. The van der Waals surface area contributed by atoms with Gasteiger partial charge in [0.25, 0.3) is 0 Å². The SMILES string of the molecule is Fc1cccc(CCl)c1.[MgH2]. The molecule has 0 aliphatic heterocycles. The molecule has 0 unspecified atom stereocenters. The Balaban J connectivity index is 0.000000810. The lowest BCUT2D eigenvalue weighted by atomic mass is 10.2. The molecule has 1 aromatic rings. The average Bonchev–Trinajstić information content (AvgIpc) is 1.88. The fourth-order valence-electron chi connectivity index (χ4n) is 0.620. The molecule has 0 aliphatic rings. The summed E-state index contributed by atoms with van der Waals surface area (Å²) in [5.74, 6) is 0.144. The molecule has 0 fully saturated rings. The van der Waals surface area contributed by atoms with E-state index >= 15 is 0 Å². The van der Waals surface area contributed by atoms with Crippen molar-refractivity contribution in [2.24, 2.45) is 0 Å². The van der Waals surface area contributed by atoms with E-state index in [0.29, 0.717) is 5.88 Å². The van der Waals surface area contributed by atoms with E-state index < -0.39 is 0 Å². The number of alkyl halides is 1. The minimum absolute atomic E-state index is 0. The fourth-order valence-corrected chi connectivity index (χ4v) is 0.786. The van der Waals surface area contributed by atoms with E-state index in [1.165, 1.54) is 12.1 Å². The molecule has 1 rings (SSSR count). The number of halogens is 2. The highest BCUT2D eigenvalue weighted by Gasteiger charge is 1.90. The lowest BCUT2D eigenvalue weighted by molar-refractivity contribution is 0.626. The molecule has 0 aliphatic carbocycles. The minimum Gasteiger partial charge on any atom is -0.207 e. The average molecular weight is 171 g/mol. The van der Waals surface area contributed by atoms with Gasteiger partial charge in [-0.1, -0.05) is 12.1 Å². The van der Waals surface area contributed by atoms with E-state index in [2.05, 4.69) is 0 Å². The van der Waals surface area contributed by atoms with E-state index in [1.807, 2.05) is 0 Å². The molecule has 0 bridgehead atoms. The van der Waals surface area contributed by atoms with Crippen molar-refractivity contribution in [2.45, 2.75) is 5.88 Å². The fraction of sp³-hybridized carbons (Fsp3) is 0.143. The van der Waals surface area contributed by atoms with Crippen LogP contribution in [0.2, 0.25) is 0 Å². The first-order valence-corrected chi connectivity index (χ1v) is 3.17. The Morgan fingerprint density at radius 2 is 2.10 bits per heavy atom. The second kappa shape index (κ2) is 4.94. The molecule has 0 amide bonds. The third-order valence-electron chi connectivity index (χ3n) is 1.04. The monoisotopic (exact) mass is 170 g/mol. The summed E-state index contributed by atoms with van der Waals surface area (Å²) in [4.78, 5) is 0. The van der Waals surface area contributed by atoms with Gasteiger partial charge < -0.3 is 0 Å². The molecule has 3 heteroatoms. The van der Waals surface area contributed by atoms with Crippen molar-refractivity contribution in [3.05, 3.63) is 35.6 Å². The van der Waals surface area contributed by atoms with Crippen molar-refractivity contribution >= 4 is 34.7 Å². The van der Waals surface area contributed by atoms with Gasteiger partial charge in [-0.05, 0) is 17.7 Å². The van der Waals surface area contributed by atoms with Gasteiger partial charge in [-0.3, -0.25) is 0 Å². The Kier molecular flexibility index (Phi) is 5.04. The predicted octanol–water partition coefficient (Wildman–Crippen LogP) is 1.65. The van der Waals surface area contributed by atoms with Crippen LogP contribution in [0.3, 0.4) is 0 Å². The molecule has 0 spiro atoms. The van der Waals surface area contributed by atoms with E-state index in [-0.39, 0.29) is 28.9 Å². The topological polar surface area (TPSA) is 0 Å². The standard InChI is InChI=1S/C7H6ClF.Mg.2H/c8-5-6-2-1-3-7(9)4-6;;;/h1-4H,5H2;;;. The Morgan fingerprint density at radius 1 is 1.40 bits per heavy atom. The Morgan fingerprint density at radius 3 is 2.50 bits per heavy atom. The van der Waals surface area contributed by atoms with Crippen molar-refractivity contribution in [3.63, 3.8) is 0 Å². The van der Waals surface area contributed by atoms with Crippen molar-refractivity contribution in [3.8, 4) is 0 Å². The van der Waals surface area contributed by atoms with Crippen LogP contribution in [0.5, 0.6) is 0 Å². The number of hydrogen-bond donors (Lipinski definition) is 0. The third kappa shape index (κ3) is 2.86. The van der Waals surface area contributed by atoms with Crippen LogP contribution < -0.4 is 0 Å². The lowest BCUT2D eigenvalue weighted by Gasteiger charge is -1.91. The second-order valence-electron chi connectivity index (χ2n) is 1.76. The first kappa shape index (κ1) is 10.2. The lowest BCUT2D eigenvalue weighted by Crippen LogP contribution is -1.77. The summed E-state index contributed by atoms with van der Waals surface area (Å²) in [6, 6.07) is 6.26. The van der Waals surface area contributed by atoms with Crippen LogP contribution in [0.25, 0.3) is 0 Å². The number of benzene rings is 1. The zero-order chi connectivity index (χ0) is 6.69. The molecule has 0 atom stereocenters. The summed E-state index contributed by atoms with van der Waals surface area (Å²) in [6.45, 7) is 0. The molecule has 52 valence electrons. The van der Waals surface area contributed by atoms with E-state index in [1.54, 1.807) is 12.1 Å². The molecule has 0 N–H and O–H groups in total. The van der Waals surface area contributed by atoms with E-state index in [4.69, 9.17) is 11.6 Å². The normalized spacial score (nSPS) is 8.60. The number of rotatable bonds is 1. The zero-order valence-corrected chi connectivity index (χ0v) is 5.53. The molecule has 0 heterocycles. The zero-order valence-electron chi connectivity index (χ0n) is 4.77. The quantitative estimate of drug-likeness (QED) is 0.445. The van der Waals surface area contributed by atoms with Gasteiger partial charge in [-0.2, -0.15) is 0 Å². The first-order chi connectivity index (χ1) is 4.33. The summed E-state index contributed by atoms with van der Waals surface area (Å²) in [6.07, 6.45) is 0. The number of hydrogen-bond acceptors (Lipinski definition) is 0. The van der Waals surface area contributed by atoms with Crippen LogP contribution in [0.15, 0.2) is 24.3 Å². The van der Waals surface area contributed by atoms with Crippen LogP contribution in [0, 0.1) is 5.82 Å². The molecule has 0 nitrogen and oxygen atoms in total. The molecular weight excluding hydrogens is 163 g/mol. The molecular formula is C7H8ClFMg. The molecule has 0 saturated carbocycles. The van der Waals surface area contributed by atoms with Gasteiger partial charge in [0.2, 0.25) is 0 Å². The summed E-state index contributed by atoms with van der Waals surface area (Å²) in [7, 11) is 0. The van der Waals surface area contributed by atoms with E-state index in [0.717, 1.165) is 5.56 Å².